The number of rotatable bonds is 2. The van der Waals surface area contributed by atoms with E-state index in [0.29, 0.717) is 0 Å². The Morgan fingerprint density at radius 3 is 2.84 bits per heavy atom. The SMILES string of the molecule is C=C(C)c1cc(N2CCOCC2)c2ncccc2c1. The van der Waals surface area contributed by atoms with Crippen LogP contribution in [0.5, 0.6) is 0 Å². The summed E-state index contributed by atoms with van der Waals surface area (Å²) in [4.78, 5) is 6.90. The zero-order valence-corrected chi connectivity index (χ0v) is 11.2. The number of morpholine rings is 1. The molecule has 3 rings (SSSR count). The van der Waals surface area contributed by atoms with E-state index in [1.165, 1.54) is 16.6 Å². The second kappa shape index (κ2) is 5.02. The predicted octanol–water partition coefficient (Wildman–Crippen LogP) is 3.10. The van der Waals surface area contributed by atoms with Crippen molar-refractivity contribution in [1.29, 1.82) is 0 Å². The Balaban J connectivity index is 2.16. The van der Waals surface area contributed by atoms with Crippen molar-refractivity contribution in [2.45, 2.75) is 6.92 Å². The Labute approximate surface area is 113 Å². The molecular weight excluding hydrogens is 236 g/mol. The summed E-state index contributed by atoms with van der Waals surface area (Å²) in [6.07, 6.45) is 1.85. The fourth-order valence-corrected chi connectivity index (χ4v) is 2.46. The number of benzene rings is 1. The summed E-state index contributed by atoms with van der Waals surface area (Å²) in [5.41, 5.74) is 4.52. The Kier molecular flexibility index (Phi) is 3.22. The molecular formula is C16H18N2O. The highest BCUT2D eigenvalue weighted by molar-refractivity contribution is 5.93. The van der Waals surface area contributed by atoms with E-state index in [1.54, 1.807) is 0 Å². The fourth-order valence-electron chi connectivity index (χ4n) is 2.46. The number of nitrogens with zero attached hydrogens (tertiary/aromatic N) is 2. The van der Waals surface area contributed by atoms with Gasteiger partial charge in [-0.1, -0.05) is 18.2 Å². The van der Waals surface area contributed by atoms with Crippen molar-refractivity contribution in [2.24, 2.45) is 0 Å². The summed E-state index contributed by atoms with van der Waals surface area (Å²) in [5.74, 6) is 0. The molecule has 1 aromatic heterocycles. The second-order valence-electron chi connectivity index (χ2n) is 4.95. The lowest BCUT2D eigenvalue weighted by Gasteiger charge is -2.30. The highest BCUT2D eigenvalue weighted by Crippen LogP contribution is 2.30. The van der Waals surface area contributed by atoms with E-state index >= 15 is 0 Å². The van der Waals surface area contributed by atoms with Crippen LogP contribution in [0.2, 0.25) is 0 Å². The molecule has 2 heterocycles. The lowest BCUT2D eigenvalue weighted by Crippen LogP contribution is -2.36. The minimum absolute atomic E-state index is 0.783. The number of allylic oxidation sites excluding steroid dienone is 1. The number of aromatic nitrogens is 1. The molecule has 0 aliphatic carbocycles. The van der Waals surface area contributed by atoms with Crippen LogP contribution in [0.1, 0.15) is 12.5 Å². The van der Waals surface area contributed by atoms with E-state index < -0.39 is 0 Å². The van der Waals surface area contributed by atoms with Gasteiger partial charge < -0.3 is 9.64 Å². The molecule has 3 heteroatoms. The number of pyridine rings is 1. The fraction of sp³-hybridized carbons (Fsp3) is 0.312. The van der Waals surface area contributed by atoms with Gasteiger partial charge >= 0.3 is 0 Å². The van der Waals surface area contributed by atoms with Crippen molar-refractivity contribution in [2.75, 3.05) is 31.2 Å². The maximum absolute atomic E-state index is 5.43. The maximum atomic E-state index is 5.43. The van der Waals surface area contributed by atoms with Crippen molar-refractivity contribution in [3.8, 4) is 0 Å². The third-order valence-electron chi connectivity index (χ3n) is 3.53. The molecule has 0 unspecified atom stereocenters. The van der Waals surface area contributed by atoms with E-state index in [2.05, 4.69) is 34.7 Å². The molecule has 1 aliphatic rings. The van der Waals surface area contributed by atoms with Gasteiger partial charge in [-0.25, -0.2) is 0 Å². The number of ether oxygens (including phenoxy) is 1. The van der Waals surface area contributed by atoms with Crippen LogP contribution in [0, 0.1) is 0 Å². The molecule has 0 saturated carbocycles. The quantitative estimate of drug-likeness (QED) is 0.823. The summed E-state index contributed by atoms with van der Waals surface area (Å²) in [7, 11) is 0. The van der Waals surface area contributed by atoms with Gasteiger partial charge in [0.25, 0.3) is 0 Å². The molecule has 0 bridgehead atoms. The van der Waals surface area contributed by atoms with Gasteiger partial charge in [0.15, 0.2) is 0 Å². The smallest absolute Gasteiger partial charge is 0.0935 e. The van der Waals surface area contributed by atoms with Gasteiger partial charge in [0, 0.05) is 24.7 Å². The summed E-state index contributed by atoms with van der Waals surface area (Å²) in [5, 5.41) is 1.17. The Morgan fingerprint density at radius 1 is 1.32 bits per heavy atom. The van der Waals surface area contributed by atoms with Crippen molar-refractivity contribution in [1.82, 2.24) is 4.98 Å². The molecule has 1 aromatic carbocycles. The monoisotopic (exact) mass is 254 g/mol. The maximum Gasteiger partial charge on any atom is 0.0935 e. The van der Waals surface area contributed by atoms with Crippen molar-refractivity contribution in [3.05, 3.63) is 42.6 Å². The Morgan fingerprint density at radius 2 is 2.11 bits per heavy atom. The zero-order valence-electron chi connectivity index (χ0n) is 11.2. The molecule has 1 aliphatic heterocycles. The lowest BCUT2D eigenvalue weighted by molar-refractivity contribution is 0.123. The van der Waals surface area contributed by atoms with Crippen molar-refractivity contribution < 1.29 is 4.74 Å². The van der Waals surface area contributed by atoms with Crippen LogP contribution in [0.4, 0.5) is 5.69 Å². The number of anilines is 1. The summed E-state index contributed by atoms with van der Waals surface area (Å²) in [6, 6.07) is 8.45. The van der Waals surface area contributed by atoms with Gasteiger partial charge in [-0.3, -0.25) is 4.98 Å². The average molecular weight is 254 g/mol. The lowest BCUT2D eigenvalue weighted by atomic mass is 10.0. The minimum Gasteiger partial charge on any atom is -0.378 e. The third-order valence-corrected chi connectivity index (χ3v) is 3.53. The number of hydrogen-bond donors (Lipinski definition) is 0. The summed E-state index contributed by atoms with van der Waals surface area (Å²) < 4.78 is 5.43. The first-order valence-electron chi connectivity index (χ1n) is 6.63. The molecule has 98 valence electrons. The molecule has 0 N–H and O–H groups in total. The van der Waals surface area contributed by atoms with Crippen LogP contribution >= 0.6 is 0 Å². The predicted molar refractivity (Wildman–Crippen MR) is 79.5 cm³/mol. The van der Waals surface area contributed by atoms with Crippen molar-refractivity contribution >= 4 is 22.2 Å². The van der Waals surface area contributed by atoms with E-state index in [0.717, 1.165) is 37.4 Å². The molecule has 1 saturated heterocycles. The second-order valence-corrected chi connectivity index (χ2v) is 4.95. The molecule has 2 aromatic rings. The van der Waals surface area contributed by atoms with E-state index in [9.17, 15) is 0 Å². The highest BCUT2D eigenvalue weighted by atomic mass is 16.5. The normalized spacial score (nSPS) is 15.7. The van der Waals surface area contributed by atoms with Gasteiger partial charge in [0.2, 0.25) is 0 Å². The van der Waals surface area contributed by atoms with Crippen LogP contribution in [0.25, 0.3) is 16.5 Å². The first kappa shape index (κ1) is 12.2. The van der Waals surface area contributed by atoms with E-state index in [1.807, 2.05) is 19.2 Å². The molecule has 0 spiro atoms. The summed E-state index contributed by atoms with van der Waals surface area (Å²) in [6.45, 7) is 9.51. The van der Waals surface area contributed by atoms with Crippen LogP contribution in [-0.4, -0.2) is 31.3 Å². The molecule has 0 radical (unpaired) electrons. The van der Waals surface area contributed by atoms with Crippen LogP contribution in [0.3, 0.4) is 0 Å². The topological polar surface area (TPSA) is 25.4 Å². The van der Waals surface area contributed by atoms with Gasteiger partial charge in [0.1, 0.15) is 0 Å². The summed E-state index contributed by atoms with van der Waals surface area (Å²) >= 11 is 0. The average Bonchev–Trinajstić information content (AvgIpc) is 2.47. The van der Waals surface area contributed by atoms with Crippen LogP contribution < -0.4 is 4.90 Å². The van der Waals surface area contributed by atoms with Gasteiger partial charge in [-0.05, 0) is 30.7 Å². The molecule has 0 amide bonds. The largest absolute Gasteiger partial charge is 0.378 e. The first-order chi connectivity index (χ1) is 9.25. The molecule has 0 atom stereocenters. The van der Waals surface area contributed by atoms with E-state index in [4.69, 9.17) is 4.74 Å². The third kappa shape index (κ3) is 2.34. The molecule has 1 fully saturated rings. The zero-order chi connectivity index (χ0) is 13.2. The van der Waals surface area contributed by atoms with Crippen molar-refractivity contribution in [3.63, 3.8) is 0 Å². The van der Waals surface area contributed by atoms with Gasteiger partial charge in [-0.2, -0.15) is 0 Å². The Hall–Kier alpha value is -1.87. The number of fused-ring (bicyclic) bond motifs is 1. The first-order valence-corrected chi connectivity index (χ1v) is 6.63. The van der Waals surface area contributed by atoms with Gasteiger partial charge in [0.05, 0.1) is 24.4 Å². The number of hydrogen-bond acceptors (Lipinski definition) is 3. The molecule has 19 heavy (non-hydrogen) atoms. The van der Waals surface area contributed by atoms with Gasteiger partial charge in [-0.15, -0.1) is 0 Å². The standard InChI is InChI=1S/C16H18N2O/c1-12(2)14-10-13-4-3-5-17-16(13)15(11-14)18-6-8-19-9-7-18/h3-5,10-11H,1,6-9H2,2H3. The van der Waals surface area contributed by atoms with Crippen LogP contribution in [0.15, 0.2) is 37.0 Å². The Bertz CT molecular complexity index is 615. The minimum atomic E-state index is 0.783. The van der Waals surface area contributed by atoms with Crippen LogP contribution in [-0.2, 0) is 4.74 Å². The van der Waals surface area contributed by atoms with E-state index in [-0.39, 0.29) is 0 Å². The molecule has 3 nitrogen and oxygen atoms in total. The highest BCUT2D eigenvalue weighted by Gasteiger charge is 2.15.